The van der Waals surface area contributed by atoms with Gasteiger partial charge in [-0.15, -0.1) is 0 Å². The van der Waals surface area contributed by atoms with Crippen molar-refractivity contribution in [1.82, 2.24) is 9.88 Å². The maximum Gasteiger partial charge on any atom is 0.308 e. The normalized spacial score (nSPS) is 25.1. The summed E-state index contributed by atoms with van der Waals surface area (Å²) in [7, 11) is 0. The van der Waals surface area contributed by atoms with Crippen LogP contribution in [0, 0.1) is 18.8 Å². The molecule has 2 atom stereocenters. The second-order valence-corrected chi connectivity index (χ2v) is 4.92. The SMILES string of the molecule is Cc1ccc(CN2CC(C)C(C(=O)O)C2)cn1. The lowest BCUT2D eigenvalue weighted by Gasteiger charge is -2.14. The summed E-state index contributed by atoms with van der Waals surface area (Å²) in [6, 6.07) is 4.05. The Kier molecular flexibility index (Phi) is 3.43. The minimum Gasteiger partial charge on any atom is -0.481 e. The molecular weight excluding hydrogens is 216 g/mol. The highest BCUT2D eigenvalue weighted by Gasteiger charge is 2.34. The average molecular weight is 234 g/mol. The number of aryl methyl sites for hydroxylation is 1. The van der Waals surface area contributed by atoms with Gasteiger partial charge in [0.1, 0.15) is 0 Å². The monoisotopic (exact) mass is 234 g/mol. The molecule has 1 aromatic heterocycles. The molecule has 4 nitrogen and oxygen atoms in total. The van der Waals surface area contributed by atoms with E-state index in [1.807, 2.05) is 26.1 Å². The molecular formula is C13H18N2O2. The van der Waals surface area contributed by atoms with Crippen molar-refractivity contribution in [3.63, 3.8) is 0 Å². The number of carboxylic acid groups (broad SMARTS) is 1. The molecule has 4 heteroatoms. The van der Waals surface area contributed by atoms with Crippen LogP contribution >= 0.6 is 0 Å². The largest absolute Gasteiger partial charge is 0.481 e. The van der Waals surface area contributed by atoms with Crippen LogP contribution in [0.3, 0.4) is 0 Å². The van der Waals surface area contributed by atoms with Crippen LogP contribution in [0.2, 0.25) is 0 Å². The highest BCUT2D eigenvalue weighted by Crippen LogP contribution is 2.24. The van der Waals surface area contributed by atoms with E-state index in [9.17, 15) is 4.79 Å². The van der Waals surface area contributed by atoms with Gasteiger partial charge in [-0.2, -0.15) is 0 Å². The number of hydrogen-bond donors (Lipinski definition) is 1. The summed E-state index contributed by atoms with van der Waals surface area (Å²) in [5.41, 5.74) is 2.15. The molecule has 92 valence electrons. The van der Waals surface area contributed by atoms with Crippen LogP contribution in [-0.2, 0) is 11.3 Å². The molecule has 1 N–H and O–H groups in total. The van der Waals surface area contributed by atoms with Crippen LogP contribution in [0.4, 0.5) is 0 Å². The number of aliphatic carboxylic acids is 1. The summed E-state index contributed by atoms with van der Waals surface area (Å²) in [5, 5.41) is 9.06. The average Bonchev–Trinajstić information content (AvgIpc) is 2.63. The van der Waals surface area contributed by atoms with Crippen LogP contribution in [0.5, 0.6) is 0 Å². The molecule has 0 aliphatic carbocycles. The summed E-state index contributed by atoms with van der Waals surface area (Å²) in [4.78, 5) is 17.5. The summed E-state index contributed by atoms with van der Waals surface area (Å²) in [6.07, 6.45) is 1.87. The molecule has 0 aromatic carbocycles. The Morgan fingerprint density at radius 2 is 2.29 bits per heavy atom. The highest BCUT2D eigenvalue weighted by atomic mass is 16.4. The van der Waals surface area contributed by atoms with E-state index in [0.29, 0.717) is 6.54 Å². The predicted octanol–water partition coefficient (Wildman–Crippen LogP) is 1.54. The van der Waals surface area contributed by atoms with Crippen LogP contribution in [0.1, 0.15) is 18.2 Å². The Hall–Kier alpha value is -1.42. The van der Waals surface area contributed by atoms with Gasteiger partial charge in [-0.25, -0.2) is 0 Å². The van der Waals surface area contributed by atoms with E-state index in [2.05, 4.69) is 16.0 Å². The minimum absolute atomic E-state index is 0.228. The topological polar surface area (TPSA) is 53.4 Å². The van der Waals surface area contributed by atoms with E-state index < -0.39 is 5.97 Å². The van der Waals surface area contributed by atoms with E-state index in [-0.39, 0.29) is 11.8 Å². The van der Waals surface area contributed by atoms with Crippen molar-refractivity contribution in [2.24, 2.45) is 11.8 Å². The molecule has 0 spiro atoms. The van der Waals surface area contributed by atoms with Crippen molar-refractivity contribution in [2.45, 2.75) is 20.4 Å². The Morgan fingerprint density at radius 1 is 1.53 bits per heavy atom. The highest BCUT2D eigenvalue weighted by molar-refractivity contribution is 5.71. The number of carbonyl (C=O) groups is 1. The molecule has 2 rings (SSSR count). The molecule has 2 heterocycles. The van der Waals surface area contributed by atoms with Crippen molar-refractivity contribution in [2.75, 3.05) is 13.1 Å². The van der Waals surface area contributed by atoms with Gasteiger partial charge in [0, 0.05) is 31.5 Å². The van der Waals surface area contributed by atoms with Gasteiger partial charge < -0.3 is 5.11 Å². The smallest absolute Gasteiger partial charge is 0.308 e. The standard InChI is InChI=1S/C13H18N2O2/c1-9-6-15(8-12(9)13(16)17)7-11-4-3-10(2)14-5-11/h3-5,9,12H,6-8H2,1-2H3,(H,16,17). The molecule has 0 radical (unpaired) electrons. The minimum atomic E-state index is -0.679. The third-order valence-corrected chi connectivity index (χ3v) is 3.38. The first-order valence-electron chi connectivity index (χ1n) is 5.93. The summed E-state index contributed by atoms with van der Waals surface area (Å²) >= 11 is 0. The van der Waals surface area contributed by atoms with Crippen molar-refractivity contribution in [3.05, 3.63) is 29.6 Å². The fourth-order valence-corrected chi connectivity index (χ4v) is 2.37. The zero-order chi connectivity index (χ0) is 12.4. The Labute approximate surface area is 101 Å². The fourth-order valence-electron chi connectivity index (χ4n) is 2.37. The molecule has 1 saturated heterocycles. The second kappa shape index (κ2) is 4.84. The zero-order valence-corrected chi connectivity index (χ0v) is 10.3. The number of nitrogens with zero attached hydrogens (tertiary/aromatic N) is 2. The molecule has 17 heavy (non-hydrogen) atoms. The van der Waals surface area contributed by atoms with Crippen LogP contribution < -0.4 is 0 Å². The Bertz CT molecular complexity index is 402. The first-order chi connectivity index (χ1) is 8.06. The van der Waals surface area contributed by atoms with Gasteiger partial charge in [0.25, 0.3) is 0 Å². The lowest BCUT2D eigenvalue weighted by Crippen LogP contribution is -2.23. The van der Waals surface area contributed by atoms with Gasteiger partial charge in [0.05, 0.1) is 5.92 Å². The first-order valence-corrected chi connectivity index (χ1v) is 5.93. The van der Waals surface area contributed by atoms with Gasteiger partial charge >= 0.3 is 5.97 Å². The maximum atomic E-state index is 11.0. The van der Waals surface area contributed by atoms with Gasteiger partial charge in [-0.3, -0.25) is 14.7 Å². The van der Waals surface area contributed by atoms with E-state index in [0.717, 1.165) is 24.3 Å². The summed E-state index contributed by atoms with van der Waals surface area (Å²) in [5.74, 6) is -0.679. The summed E-state index contributed by atoms with van der Waals surface area (Å²) < 4.78 is 0. The number of likely N-dealkylation sites (tertiary alicyclic amines) is 1. The molecule has 2 unspecified atom stereocenters. The van der Waals surface area contributed by atoms with Gasteiger partial charge in [0.15, 0.2) is 0 Å². The quantitative estimate of drug-likeness (QED) is 0.862. The van der Waals surface area contributed by atoms with E-state index in [1.54, 1.807) is 0 Å². The molecule has 0 amide bonds. The van der Waals surface area contributed by atoms with Gasteiger partial charge in [-0.1, -0.05) is 13.0 Å². The van der Waals surface area contributed by atoms with Crippen molar-refractivity contribution in [3.8, 4) is 0 Å². The second-order valence-electron chi connectivity index (χ2n) is 4.92. The van der Waals surface area contributed by atoms with E-state index >= 15 is 0 Å². The Balaban J connectivity index is 1.97. The Morgan fingerprint density at radius 3 is 2.82 bits per heavy atom. The first kappa shape index (κ1) is 12.0. The number of hydrogen-bond acceptors (Lipinski definition) is 3. The number of carboxylic acids is 1. The van der Waals surface area contributed by atoms with Gasteiger partial charge in [0.2, 0.25) is 0 Å². The van der Waals surface area contributed by atoms with E-state index in [4.69, 9.17) is 5.11 Å². The third-order valence-electron chi connectivity index (χ3n) is 3.38. The molecule has 0 bridgehead atoms. The zero-order valence-electron chi connectivity index (χ0n) is 10.3. The summed E-state index contributed by atoms with van der Waals surface area (Å²) in [6.45, 7) is 6.25. The van der Waals surface area contributed by atoms with Crippen LogP contribution in [0.15, 0.2) is 18.3 Å². The van der Waals surface area contributed by atoms with Crippen molar-refractivity contribution < 1.29 is 9.90 Å². The number of aromatic nitrogens is 1. The van der Waals surface area contributed by atoms with E-state index in [1.165, 1.54) is 0 Å². The predicted molar refractivity (Wildman–Crippen MR) is 64.5 cm³/mol. The molecule has 1 fully saturated rings. The van der Waals surface area contributed by atoms with Crippen LogP contribution in [0.25, 0.3) is 0 Å². The van der Waals surface area contributed by atoms with Gasteiger partial charge in [-0.05, 0) is 24.5 Å². The molecule has 1 aliphatic heterocycles. The number of rotatable bonds is 3. The number of pyridine rings is 1. The third kappa shape index (κ3) is 2.82. The van der Waals surface area contributed by atoms with Crippen molar-refractivity contribution >= 4 is 5.97 Å². The lowest BCUT2D eigenvalue weighted by atomic mass is 9.99. The van der Waals surface area contributed by atoms with Crippen molar-refractivity contribution in [1.29, 1.82) is 0 Å². The molecule has 1 aliphatic rings. The molecule has 1 aromatic rings. The van der Waals surface area contributed by atoms with Crippen LogP contribution in [-0.4, -0.2) is 34.0 Å². The maximum absolute atomic E-state index is 11.0. The lowest BCUT2D eigenvalue weighted by molar-refractivity contribution is -0.142. The fraction of sp³-hybridized carbons (Fsp3) is 0.538. The molecule has 0 saturated carbocycles.